The summed E-state index contributed by atoms with van der Waals surface area (Å²) < 4.78 is 7.57. The van der Waals surface area contributed by atoms with E-state index in [9.17, 15) is 4.79 Å². The van der Waals surface area contributed by atoms with E-state index in [0.717, 1.165) is 48.6 Å². The topological polar surface area (TPSA) is 56.1 Å². The van der Waals surface area contributed by atoms with E-state index in [4.69, 9.17) is 4.74 Å². The third-order valence-corrected chi connectivity index (χ3v) is 4.42. The van der Waals surface area contributed by atoms with E-state index in [1.165, 1.54) is 5.56 Å². The molecule has 136 valence electrons. The third-order valence-electron chi connectivity index (χ3n) is 4.42. The van der Waals surface area contributed by atoms with Crippen molar-refractivity contribution in [1.29, 1.82) is 0 Å². The van der Waals surface area contributed by atoms with Gasteiger partial charge >= 0.3 is 0 Å². The molecule has 0 saturated heterocycles. The second-order valence-corrected chi connectivity index (χ2v) is 6.40. The lowest BCUT2D eigenvalue weighted by Crippen LogP contribution is -2.23. The number of benzene rings is 1. The average Bonchev–Trinajstić information content (AvgIpc) is 2.84. The smallest absolute Gasteiger partial charge is 0.220 e. The monoisotopic (exact) mass is 343 g/mol. The molecular weight excluding hydrogens is 314 g/mol. The third kappa shape index (κ3) is 5.62. The zero-order valence-electron chi connectivity index (χ0n) is 15.8. The summed E-state index contributed by atoms with van der Waals surface area (Å²) >= 11 is 0. The number of unbranched alkanes of at least 4 members (excludes halogenated alkanes) is 1. The minimum atomic E-state index is 0.0555. The molecular formula is C20H29N3O2. The van der Waals surface area contributed by atoms with Crippen LogP contribution in [0, 0.1) is 13.8 Å². The van der Waals surface area contributed by atoms with Gasteiger partial charge in [0.15, 0.2) is 0 Å². The van der Waals surface area contributed by atoms with Gasteiger partial charge in [0.05, 0.1) is 12.3 Å². The van der Waals surface area contributed by atoms with Crippen molar-refractivity contribution in [1.82, 2.24) is 15.1 Å². The molecule has 0 atom stereocenters. The van der Waals surface area contributed by atoms with Crippen LogP contribution in [-0.2, 0) is 24.8 Å². The van der Waals surface area contributed by atoms with Crippen LogP contribution in [0.2, 0.25) is 0 Å². The van der Waals surface area contributed by atoms with Gasteiger partial charge in [-0.25, -0.2) is 0 Å². The van der Waals surface area contributed by atoms with E-state index < -0.39 is 0 Å². The van der Waals surface area contributed by atoms with Crippen LogP contribution < -0.4 is 10.1 Å². The number of carbonyl (C=O) groups is 1. The lowest BCUT2D eigenvalue weighted by atomic mass is 10.1. The molecule has 1 heterocycles. The van der Waals surface area contributed by atoms with Crippen LogP contribution in [-0.4, -0.2) is 22.3 Å². The molecule has 1 aromatic heterocycles. The molecule has 0 aliphatic carbocycles. The van der Waals surface area contributed by atoms with Crippen molar-refractivity contribution in [3.05, 3.63) is 46.8 Å². The van der Waals surface area contributed by atoms with E-state index in [0.29, 0.717) is 13.0 Å². The van der Waals surface area contributed by atoms with Crippen molar-refractivity contribution in [3.8, 4) is 5.75 Å². The highest BCUT2D eigenvalue weighted by molar-refractivity contribution is 5.76. The Morgan fingerprint density at radius 2 is 2.12 bits per heavy atom. The summed E-state index contributed by atoms with van der Waals surface area (Å²) in [5.74, 6) is 0.918. The number of carbonyl (C=O) groups excluding carboxylic acids is 1. The SMILES string of the molecule is CCCCOc1cccc(CNC(=O)CCc2c(C)nn(C)c2C)c1. The van der Waals surface area contributed by atoms with Gasteiger partial charge in [0, 0.05) is 25.7 Å². The summed E-state index contributed by atoms with van der Waals surface area (Å²) in [6.45, 7) is 7.43. The van der Waals surface area contributed by atoms with Gasteiger partial charge in [-0.3, -0.25) is 9.48 Å². The van der Waals surface area contributed by atoms with Gasteiger partial charge in [-0.1, -0.05) is 25.5 Å². The molecule has 0 aliphatic rings. The van der Waals surface area contributed by atoms with Gasteiger partial charge in [-0.05, 0) is 49.9 Å². The highest BCUT2D eigenvalue weighted by Crippen LogP contribution is 2.15. The van der Waals surface area contributed by atoms with Crippen molar-refractivity contribution in [2.24, 2.45) is 7.05 Å². The number of aromatic nitrogens is 2. The predicted octanol–water partition coefficient (Wildman–Crippen LogP) is 3.46. The lowest BCUT2D eigenvalue weighted by Gasteiger charge is -2.09. The Morgan fingerprint density at radius 3 is 2.80 bits per heavy atom. The summed E-state index contributed by atoms with van der Waals surface area (Å²) in [6, 6.07) is 7.91. The first-order valence-electron chi connectivity index (χ1n) is 8.98. The number of aryl methyl sites for hydroxylation is 2. The van der Waals surface area contributed by atoms with Crippen LogP contribution in [0.3, 0.4) is 0 Å². The molecule has 0 saturated carbocycles. The molecule has 5 heteroatoms. The molecule has 1 amide bonds. The molecule has 2 aromatic rings. The Bertz CT molecular complexity index is 707. The van der Waals surface area contributed by atoms with Gasteiger partial charge in [0.2, 0.25) is 5.91 Å². The second-order valence-electron chi connectivity index (χ2n) is 6.40. The Hall–Kier alpha value is -2.30. The molecule has 0 aliphatic heterocycles. The normalized spacial score (nSPS) is 10.7. The molecule has 25 heavy (non-hydrogen) atoms. The maximum absolute atomic E-state index is 12.1. The molecule has 0 spiro atoms. The minimum Gasteiger partial charge on any atom is -0.494 e. The number of nitrogens with one attached hydrogen (secondary N) is 1. The number of amides is 1. The highest BCUT2D eigenvalue weighted by Gasteiger charge is 2.11. The standard InChI is InChI=1S/C20H29N3O2/c1-5-6-12-25-18-9-7-8-17(13-18)14-21-20(24)11-10-19-15(2)22-23(4)16(19)3/h7-9,13H,5-6,10-12,14H2,1-4H3,(H,21,24). The van der Waals surface area contributed by atoms with Crippen LogP contribution in [0.25, 0.3) is 0 Å². The molecule has 0 unspecified atom stereocenters. The minimum absolute atomic E-state index is 0.0555. The first-order valence-corrected chi connectivity index (χ1v) is 8.98. The fourth-order valence-electron chi connectivity index (χ4n) is 2.79. The Balaban J connectivity index is 1.80. The van der Waals surface area contributed by atoms with Crippen molar-refractivity contribution in [2.75, 3.05) is 6.61 Å². The Labute approximate surface area is 150 Å². The summed E-state index contributed by atoms with van der Waals surface area (Å²) in [7, 11) is 1.93. The maximum Gasteiger partial charge on any atom is 0.220 e. The van der Waals surface area contributed by atoms with Crippen molar-refractivity contribution in [2.45, 2.75) is 53.0 Å². The Kier molecular flexibility index (Phi) is 7.04. The fourth-order valence-corrected chi connectivity index (χ4v) is 2.79. The maximum atomic E-state index is 12.1. The van der Waals surface area contributed by atoms with Crippen LogP contribution in [0.5, 0.6) is 5.75 Å². The first kappa shape index (κ1) is 19.0. The quantitative estimate of drug-likeness (QED) is 0.709. The number of hydrogen-bond acceptors (Lipinski definition) is 3. The molecule has 5 nitrogen and oxygen atoms in total. The van der Waals surface area contributed by atoms with Gasteiger partial charge in [-0.15, -0.1) is 0 Å². The zero-order valence-corrected chi connectivity index (χ0v) is 15.8. The molecule has 1 N–H and O–H groups in total. The van der Waals surface area contributed by atoms with Gasteiger partial charge in [0.25, 0.3) is 0 Å². The number of hydrogen-bond donors (Lipinski definition) is 1. The summed E-state index contributed by atoms with van der Waals surface area (Å²) in [5.41, 5.74) is 4.35. The number of rotatable bonds is 9. The average molecular weight is 343 g/mol. The van der Waals surface area contributed by atoms with Gasteiger partial charge in [0.1, 0.15) is 5.75 Å². The molecule has 1 aromatic carbocycles. The van der Waals surface area contributed by atoms with Crippen molar-refractivity contribution < 1.29 is 9.53 Å². The summed E-state index contributed by atoms with van der Waals surface area (Å²) in [6.07, 6.45) is 3.36. The van der Waals surface area contributed by atoms with Gasteiger partial charge in [-0.2, -0.15) is 5.10 Å². The lowest BCUT2D eigenvalue weighted by molar-refractivity contribution is -0.121. The summed E-state index contributed by atoms with van der Waals surface area (Å²) in [4.78, 5) is 12.1. The number of nitrogens with zero attached hydrogens (tertiary/aromatic N) is 2. The first-order chi connectivity index (χ1) is 12.0. The summed E-state index contributed by atoms with van der Waals surface area (Å²) in [5, 5.41) is 7.38. The van der Waals surface area contributed by atoms with Crippen LogP contribution >= 0.6 is 0 Å². The van der Waals surface area contributed by atoms with Crippen LogP contribution in [0.4, 0.5) is 0 Å². The van der Waals surface area contributed by atoms with E-state index in [-0.39, 0.29) is 5.91 Å². The van der Waals surface area contributed by atoms with E-state index in [2.05, 4.69) is 17.3 Å². The largest absolute Gasteiger partial charge is 0.494 e. The highest BCUT2D eigenvalue weighted by atomic mass is 16.5. The van der Waals surface area contributed by atoms with E-state index in [1.807, 2.05) is 49.8 Å². The zero-order chi connectivity index (χ0) is 18.2. The van der Waals surface area contributed by atoms with Crippen LogP contribution in [0.15, 0.2) is 24.3 Å². The molecule has 0 radical (unpaired) electrons. The Morgan fingerprint density at radius 1 is 1.32 bits per heavy atom. The molecule has 0 fully saturated rings. The van der Waals surface area contributed by atoms with Crippen molar-refractivity contribution in [3.63, 3.8) is 0 Å². The predicted molar refractivity (Wildman–Crippen MR) is 99.7 cm³/mol. The van der Waals surface area contributed by atoms with E-state index >= 15 is 0 Å². The van der Waals surface area contributed by atoms with Gasteiger partial charge < -0.3 is 10.1 Å². The van der Waals surface area contributed by atoms with Crippen LogP contribution in [0.1, 0.15) is 48.7 Å². The molecule has 0 bridgehead atoms. The van der Waals surface area contributed by atoms with Crippen molar-refractivity contribution >= 4 is 5.91 Å². The number of ether oxygens (including phenoxy) is 1. The fraction of sp³-hybridized carbons (Fsp3) is 0.500. The second kappa shape index (κ2) is 9.25. The molecule has 2 rings (SSSR count). The van der Waals surface area contributed by atoms with E-state index in [1.54, 1.807) is 0 Å².